The molecule has 6 nitrogen and oxygen atoms in total. The van der Waals surface area contributed by atoms with Crippen molar-refractivity contribution in [1.82, 2.24) is 20.5 Å². The van der Waals surface area contributed by atoms with Gasteiger partial charge in [0.05, 0.1) is 0 Å². The zero-order chi connectivity index (χ0) is 13.9. The second-order valence-corrected chi connectivity index (χ2v) is 4.63. The summed E-state index contributed by atoms with van der Waals surface area (Å²) in [5.41, 5.74) is 1.60. The van der Waals surface area contributed by atoms with Crippen molar-refractivity contribution in [3.63, 3.8) is 0 Å². The van der Waals surface area contributed by atoms with Crippen LogP contribution in [-0.4, -0.2) is 33.7 Å². The maximum absolute atomic E-state index is 12.0. The van der Waals surface area contributed by atoms with Gasteiger partial charge in [0.1, 0.15) is 11.9 Å². The molecule has 1 aliphatic rings. The molecule has 0 aliphatic carbocycles. The predicted octanol–water partition coefficient (Wildman–Crippen LogP) is 1.25. The molecule has 102 valence electrons. The van der Waals surface area contributed by atoms with Crippen LogP contribution in [0, 0.1) is 6.92 Å². The highest BCUT2D eigenvalue weighted by Crippen LogP contribution is 2.19. The molecule has 1 unspecified atom stereocenters. The van der Waals surface area contributed by atoms with Crippen LogP contribution >= 0.6 is 0 Å². The molecule has 1 aromatic carbocycles. The Kier molecular flexibility index (Phi) is 3.30. The number of aromatic nitrogens is 3. The largest absolute Gasteiger partial charge is 0.324 e. The van der Waals surface area contributed by atoms with Gasteiger partial charge in [-0.15, -0.1) is 0 Å². The number of nitrogens with zero attached hydrogens (tertiary/aromatic N) is 2. The van der Waals surface area contributed by atoms with Crippen molar-refractivity contribution in [2.75, 3.05) is 11.9 Å². The summed E-state index contributed by atoms with van der Waals surface area (Å²) in [6, 6.07) is 7.23. The van der Waals surface area contributed by atoms with Crippen LogP contribution in [0.4, 0.5) is 5.69 Å². The number of carbonyl (C=O) groups is 1. The molecular formula is C14H15N5O. The number of rotatable bonds is 3. The monoisotopic (exact) mass is 269 g/mol. The number of nitrogens with one attached hydrogen (secondary N) is 3. The van der Waals surface area contributed by atoms with Crippen LogP contribution in [0.15, 0.2) is 36.4 Å². The highest BCUT2D eigenvalue weighted by Gasteiger charge is 2.17. The van der Waals surface area contributed by atoms with Gasteiger partial charge in [-0.25, -0.2) is 4.98 Å². The highest BCUT2D eigenvalue weighted by atomic mass is 16.2. The van der Waals surface area contributed by atoms with Gasteiger partial charge in [-0.2, -0.15) is 5.10 Å². The van der Waals surface area contributed by atoms with Gasteiger partial charge in [0.15, 0.2) is 5.82 Å². The fraction of sp³-hybridized carbons (Fsp3) is 0.214. The molecule has 3 N–H and O–H groups in total. The van der Waals surface area contributed by atoms with Gasteiger partial charge in [0.2, 0.25) is 5.91 Å². The van der Waals surface area contributed by atoms with Gasteiger partial charge in [0, 0.05) is 17.8 Å². The molecule has 1 atom stereocenters. The summed E-state index contributed by atoms with van der Waals surface area (Å²) in [6.07, 6.45) is 3.80. The Morgan fingerprint density at radius 2 is 2.35 bits per heavy atom. The van der Waals surface area contributed by atoms with E-state index >= 15 is 0 Å². The Labute approximate surface area is 116 Å². The van der Waals surface area contributed by atoms with Gasteiger partial charge in [-0.1, -0.05) is 24.3 Å². The molecule has 0 bridgehead atoms. The van der Waals surface area contributed by atoms with Gasteiger partial charge < -0.3 is 5.32 Å². The third-order valence-corrected chi connectivity index (χ3v) is 3.05. The summed E-state index contributed by atoms with van der Waals surface area (Å²) in [5, 5.41) is 12.9. The molecule has 0 radical (unpaired) electrons. The Morgan fingerprint density at radius 3 is 3.05 bits per heavy atom. The van der Waals surface area contributed by atoms with Gasteiger partial charge in [-0.3, -0.25) is 15.2 Å². The number of benzene rings is 1. The number of hydrogen-bond donors (Lipinski definition) is 3. The minimum atomic E-state index is -0.260. The molecule has 1 amide bonds. The van der Waals surface area contributed by atoms with Crippen LogP contribution in [0.2, 0.25) is 0 Å². The van der Waals surface area contributed by atoms with Gasteiger partial charge in [0.25, 0.3) is 0 Å². The van der Waals surface area contributed by atoms with E-state index < -0.39 is 0 Å². The molecule has 0 saturated heterocycles. The van der Waals surface area contributed by atoms with Crippen molar-refractivity contribution >= 4 is 11.6 Å². The summed E-state index contributed by atoms with van der Waals surface area (Å²) in [6.45, 7) is 2.58. The summed E-state index contributed by atoms with van der Waals surface area (Å²) in [7, 11) is 0. The number of carbonyl (C=O) groups excluding carboxylic acids is 1. The zero-order valence-electron chi connectivity index (χ0n) is 11.1. The lowest BCUT2D eigenvalue weighted by atomic mass is 10.2. The number of aryl methyl sites for hydroxylation is 1. The normalized spacial score (nSPS) is 17.4. The third kappa shape index (κ3) is 2.60. The molecule has 0 saturated carbocycles. The van der Waals surface area contributed by atoms with E-state index in [1.165, 1.54) is 0 Å². The summed E-state index contributed by atoms with van der Waals surface area (Å²) < 4.78 is 0. The van der Waals surface area contributed by atoms with E-state index in [2.05, 4.69) is 25.8 Å². The van der Waals surface area contributed by atoms with Crippen molar-refractivity contribution in [2.45, 2.75) is 13.0 Å². The predicted molar refractivity (Wildman–Crippen MR) is 76.1 cm³/mol. The van der Waals surface area contributed by atoms with E-state index in [0.717, 1.165) is 23.6 Å². The average Bonchev–Trinajstić information content (AvgIpc) is 3.10. The Morgan fingerprint density at radius 1 is 1.45 bits per heavy atom. The van der Waals surface area contributed by atoms with Crippen LogP contribution in [0.1, 0.15) is 5.82 Å². The number of anilines is 1. The standard InChI is InChI=1S/C14H15N5O/c1-9-16-13(19-18-9)10-4-2-5-11(8-10)17-14(20)12-6-3-7-15-12/h2-6,8,12,15H,7H2,1H3,(H,17,20)(H,16,18,19). The summed E-state index contributed by atoms with van der Waals surface area (Å²) in [5.74, 6) is 1.31. The van der Waals surface area contributed by atoms with Crippen LogP contribution in [-0.2, 0) is 4.79 Å². The van der Waals surface area contributed by atoms with E-state index in [1.807, 2.05) is 43.3 Å². The van der Waals surface area contributed by atoms with Crippen molar-refractivity contribution in [1.29, 1.82) is 0 Å². The number of amides is 1. The van der Waals surface area contributed by atoms with Gasteiger partial charge in [-0.05, 0) is 19.1 Å². The fourth-order valence-electron chi connectivity index (χ4n) is 2.08. The maximum Gasteiger partial charge on any atom is 0.245 e. The summed E-state index contributed by atoms with van der Waals surface area (Å²) in [4.78, 5) is 16.3. The first kappa shape index (κ1) is 12.6. The maximum atomic E-state index is 12.0. The fourth-order valence-corrected chi connectivity index (χ4v) is 2.08. The molecule has 0 spiro atoms. The smallest absolute Gasteiger partial charge is 0.245 e. The second-order valence-electron chi connectivity index (χ2n) is 4.63. The molecule has 20 heavy (non-hydrogen) atoms. The minimum absolute atomic E-state index is 0.0675. The van der Waals surface area contributed by atoms with Crippen molar-refractivity contribution in [2.24, 2.45) is 0 Å². The first-order chi connectivity index (χ1) is 9.72. The van der Waals surface area contributed by atoms with Crippen LogP contribution in [0.3, 0.4) is 0 Å². The number of hydrogen-bond acceptors (Lipinski definition) is 4. The Bertz CT molecular complexity index is 661. The van der Waals surface area contributed by atoms with Gasteiger partial charge >= 0.3 is 0 Å². The molecule has 2 aromatic rings. The molecule has 3 rings (SSSR count). The van der Waals surface area contributed by atoms with Crippen molar-refractivity contribution in [3.8, 4) is 11.4 Å². The molecule has 2 heterocycles. The third-order valence-electron chi connectivity index (χ3n) is 3.05. The van der Waals surface area contributed by atoms with E-state index in [0.29, 0.717) is 5.82 Å². The lowest BCUT2D eigenvalue weighted by molar-refractivity contribution is -0.116. The topological polar surface area (TPSA) is 82.7 Å². The molecular weight excluding hydrogens is 254 g/mol. The van der Waals surface area contributed by atoms with Crippen molar-refractivity contribution in [3.05, 3.63) is 42.2 Å². The lowest BCUT2D eigenvalue weighted by Crippen LogP contribution is -2.35. The number of H-pyrrole nitrogens is 1. The lowest BCUT2D eigenvalue weighted by Gasteiger charge is -2.10. The number of aromatic amines is 1. The van der Waals surface area contributed by atoms with E-state index in [4.69, 9.17) is 0 Å². The quantitative estimate of drug-likeness (QED) is 0.732. The SMILES string of the molecule is Cc1nc(-c2cccc(NC(=O)C3C=CCN3)c2)n[nH]1. The molecule has 1 aromatic heterocycles. The van der Waals surface area contributed by atoms with Crippen LogP contribution in [0.5, 0.6) is 0 Å². The first-order valence-corrected chi connectivity index (χ1v) is 6.43. The molecule has 0 fully saturated rings. The zero-order valence-corrected chi connectivity index (χ0v) is 11.1. The summed E-state index contributed by atoms with van der Waals surface area (Å²) >= 11 is 0. The Hall–Kier alpha value is -2.47. The molecule has 6 heteroatoms. The minimum Gasteiger partial charge on any atom is -0.324 e. The van der Waals surface area contributed by atoms with E-state index in [1.54, 1.807) is 0 Å². The average molecular weight is 269 g/mol. The van der Waals surface area contributed by atoms with Crippen LogP contribution < -0.4 is 10.6 Å². The van der Waals surface area contributed by atoms with E-state index in [-0.39, 0.29) is 11.9 Å². The molecule has 1 aliphatic heterocycles. The van der Waals surface area contributed by atoms with Crippen LogP contribution in [0.25, 0.3) is 11.4 Å². The Balaban J connectivity index is 1.77. The first-order valence-electron chi connectivity index (χ1n) is 6.43. The highest BCUT2D eigenvalue weighted by molar-refractivity contribution is 5.96. The van der Waals surface area contributed by atoms with Crippen molar-refractivity contribution < 1.29 is 4.79 Å². The second kappa shape index (κ2) is 5.26. The van der Waals surface area contributed by atoms with E-state index in [9.17, 15) is 4.79 Å².